The number of methoxy groups -OCH3 is 1. The molecule has 6 heteroatoms. The molecule has 0 aromatic rings. The highest BCUT2D eigenvalue weighted by Crippen LogP contribution is 2.22. The SMILES string of the molecule is CNCC(C)C(=O)N1CC(OC)CC1C(=O)O. The number of carbonyl (C=O) groups is 2. The zero-order valence-corrected chi connectivity index (χ0v) is 10.5. The summed E-state index contributed by atoms with van der Waals surface area (Å²) in [6, 6.07) is -0.758. The van der Waals surface area contributed by atoms with Crippen molar-refractivity contribution in [2.45, 2.75) is 25.5 Å². The maximum atomic E-state index is 12.1. The van der Waals surface area contributed by atoms with Gasteiger partial charge in [-0.15, -0.1) is 0 Å². The van der Waals surface area contributed by atoms with Crippen LogP contribution in [-0.4, -0.2) is 61.3 Å². The smallest absolute Gasteiger partial charge is 0.326 e. The number of hydrogen-bond donors (Lipinski definition) is 2. The first kappa shape index (κ1) is 13.9. The molecule has 6 nitrogen and oxygen atoms in total. The van der Waals surface area contributed by atoms with Crippen LogP contribution in [-0.2, 0) is 14.3 Å². The van der Waals surface area contributed by atoms with E-state index in [2.05, 4.69) is 5.32 Å². The van der Waals surface area contributed by atoms with E-state index in [-0.39, 0.29) is 17.9 Å². The molecule has 1 fully saturated rings. The van der Waals surface area contributed by atoms with Crippen molar-refractivity contribution in [3.05, 3.63) is 0 Å². The Kier molecular flexibility index (Phi) is 4.89. The third kappa shape index (κ3) is 3.17. The van der Waals surface area contributed by atoms with Gasteiger partial charge in [0.05, 0.1) is 6.10 Å². The van der Waals surface area contributed by atoms with Crippen molar-refractivity contribution < 1.29 is 19.4 Å². The fourth-order valence-corrected chi connectivity index (χ4v) is 2.12. The molecule has 0 saturated carbocycles. The molecule has 0 aromatic carbocycles. The van der Waals surface area contributed by atoms with Crippen molar-refractivity contribution in [1.82, 2.24) is 10.2 Å². The Hall–Kier alpha value is -1.14. The largest absolute Gasteiger partial charge is 0.480 e. The molecule has 1 aliphatic heterocycles. The molecule has 3 unspecified atom stereocenters. The average molecular weight is 244 g/mol. The molecule has 2 N–H and O–H groups in total. The molecule has 0 bridgehead atoms. The van der Waals surface area contributed by atoms with E-state index in [0.717, 1.165) is 0 Å². The van der Waals surface area contributed by atoms with E-state index < -0.39 is 12.0 Å². The lowest BCUT2D eigenvalue weighted by molar-refractivity contribution is -0.149. The third-order valence-electron chi connectivity index (χ3n) is 3.10. The van der Waals surface area contributed by atoms with Crippen molar-refractivity contribution in [3.8, 4) is 0 Å². The van der Waals surface area contributed by atoms with Crippen LogP contribution >= 0.6 is 0 Å². The highest BCUT2D eigenvalue weighted by molar-refractivity contribution is 5.85. The van der Waals surface area contributed by atoms with Crippen molar-refractivity contribution in [1.29, 1.82) is 0 Å². The molecular formula is C11H20N2O4. The van der Waals surface area contributed by atoms with Gasteiger partial charge in [0.15, 0.2) is 0 Å². The fourth-order valence-electron chi connectivity index (χ4n) is 2.12. The highest BCUT2D eigenvalue weighted by Gasteiger charge is 2.40. The van der Waals surface area contributed by atoms with Crippen LogP contribution in [0.1, 0.15) is 13.3 Å². The van der Waals surface area contributed by atoms with E-state index in [1.165, 1.54) is 12.0 Å². The van der Waals surface area contributed by atoms with E-state index in [4.69, 9.17) is 9.84 Å². The molecule has 1 rings (SSSR count). The van der Waals surface area contributed by atoms with Crippen LogP contribution in [0.3, 0.4) is 0 Å². The molecule has 0 aliphatic carbocycles. The fraction of sp³-hybridized carbons (Fsp3) is 0.818. The Morgan fingerprint density at radius 2 is 2.24 bits per heavy atom. The molecular weight excluding hydrogens is 224 g/mol. The second-order valence-electron chi connectivity index (χ2n) is 4.40. The highest BCUT2D eigenvalue weighted by atomic mass is 16.5. The Morgan fingerprint density at radius 1 is 1.59 bits per heavy atom. The van der Waals surface area contributed by atoms with Crippen molar-refractivity contribution in [2.24, 2.45) is 5.92 Å². The normalized spacial score (nSPS) is 25.9. The quantitative estimate of drug-likeness (QED) is 0.684. The van der Waals surface area contributed by atoms with Crippen LogP contribution in [0, 0.1) is 5.92 Å². The Morgan fingerprint density at radius 3 is 2.71 bits per heavy atom. The number of amides is 1. The minimum atomic E-state index is -0.963. The molecule has 0 spiro atoms. The lowest BCUT2D eigenvalue weighted by Crippen LogP contribution is -2.44. The number of nitrogens with zero attached hydrogens (tertiary/aromatic N) is 1. The van der Waals surface area contributed by atoms with E-state index in [9.17, 15) is 9.59 Å². The molecule has 1 heterocycles. The van der Waals surface area contributed by atoms with Crippen LogP contribution in [0.5, 0.6) is 0 Å². The van der Waals surface area contributed by atoms with Gasteiger partial charge in [0.1, 0.15) is 6.04 Å². The lowest BCUT2D eigenvalue weighted by atomic mass is 10.1. The van der Waals surface area contributed by atoms with Crippen LogP contribution in [0.2, 0.25) is 0 Å². The molecule has 1 saturated heterocycles. The van der Waals surface area contributed by atoms with Crippen molar-refractivity contribution >= 4 is 11.9 Å². The number of likely N-dealkylation sites (tertiary alicyclic amines) is 1. The van der Waals surface area contributed by atoms with Gasteiger partial charge in [0.25, 0.3) is 0 Å². The van der Waals surface area contributed by atoms with Crippen LogP contribution < -0.4 is 5.32 Å². The number of rotatable bonds is 5. The van der Waals surface area contributed by atoms with E-state index >= 15 is 0 Å². The summed E-state index contributed by atoms with van der Waals surface area (Å²) in [6.07, 6.45) is 0.186. The summed E-state index contributed by atoms with van der Waals surface area (Å²) in [7, 11) is 3.30. The minimum absolute atomic E-state index is 0.133. The maximum absolute atomic E-state index is 12.1. The van der Waals surface area contributed by atoms with E-state index in [1.54, 1.807) is 14.0 Å². The summed E-state index contributed by atoms with van der Waals surface area (Å²) in [5.74, 6) is -1.32. The molecule has 1 amide bonds. The van der Waals surface area contributed by atoms with Crippen LogP contribution in [0.15, 0.2) is 0 Å². The Labute approximate surface area is 101 Å². The average Bonchev–Trinajstić information content (AvgIpc) is 2.72. The zero-order valence-electron chi connectivity index (χ0n) is 10.5. The van der Waals surface area contributed by atoms with Gasteiger partial charge in [0.2, 0.25) is 5.91 Å². The zero-order chi connectivity index (χ0) is 13.0. The van der Waals surface area contributed by atoms with Crippen molar-refractivity contribution in [3.63, 3.8) is 0 Å². The number of ether oxygens (including phenoxy) is 1. The van der Waals surface area contributed by atoms with Gasteiger partial charge < -0.3 is 20.1 Å². The van der Waals surface area contributed by atoms with Gasteiger partial charge in [0, 0.05) is 32.5 Å². The summed E-state index contributed by atoms with van der Waals surface area (Å²) in [5, 5.41) is 12.0. The molecule has 98 valence electrons. The molecule has 3 atom stereocenters. The minimum Gasteiger partial charge on any atom is -0.480 e. The number of carboxylic acids is 1. The second kappa shape index (κ2) is 5.97. The first-order valence-electron chi connectivity index (χ1n) is 5.72. The standard InChI is InChI=1S/C11H20N2O4/c1-7(5-12-2)10(14)13-6-8(17-3)4-9(13)11(15)16/h7-9,12H,4-6H2,1-3H3,(H,15,16). The molecule has 0 radical (unpaired) electrons. The first-order chi connectivity index (χ1) is 8.01. The topological polar surface area (TPSA) is 78.9 Å². The van der Waals surface area contributed by atoms with E-state index in [0.29, 0.717) is 19.5 Å². The number of nitrogens with one attached hydrogen (secondary N) is 1. The van der Waals surface area contributed by atoms with Crippen molar-refractivity contribution in [2.75, 3.05) is 27.2 Å². The predicted molar refractivity (Wildman–Crippen MR) is 61.6 cm³/mol. The molecule has 0 aromatic heterocycles. The lowest BCUT2D eigenvalue weighted by Gasteiger charge is -2.24. The number of carbonyl (C=O) groups excluding carboxylic acids is 1. The predicted octanol–water partition coefficient (Wildman–Crippen LogP) is -0.458. The Balaban J connectivity index is 2.72. The summed E-state index contributed by atoms with van der Waals surface area (Å²) in [6.45, 7) is 2.69. The molecule has 17 heavy (non-hydrogen) atoms. The third-order valence-corrected chi connectivity index (χ3v) is 3.10. The maximum Gasteiger partial charge on any atom is 0.326 e. The first-order valence-corrected chi connectivity index (χ1v) is 5.72. The molecule has 1 aliphatic rings. The van der Waals surface area contributed by atoms with Gasteiger partial charge >= 0.3 is 5.97 Å². The summed E-state index contributed by atoms with van der Waals surface area (Å²) < 4.78 is 5.14. The number of aliphatic carboxylic acids is 1. The van der Waals surface area contributed by atoms with Gasteiger partial charge in [-0.05, 0) is 7.05 Å². The van der Waals surface area contributed by atoms with E-state index in [1.807, 2.05) is 0 Å². The van der Waals surface area contributed by atoms with Crippen LogP contribution in [0.25, 0.3) is 0 Å². The van der Waals surface area contributed by atoms with Gasteiger partial charge in [-0.2, -0.15) is 0 Å². The Bertz CT molecular complexity index is 295. The summed E-state index contributed by atoms with van der Waals surface area (Å²) in [5.41, 5.74) is 0. The number of carboxylic acid groups (broad SMARTS) is 1. The monoisotopic (exact) mass is 244 g/mol. The second-order valence-corrected chi connectivity index (χ2v) is 4.40. The van der Waals surface area contributed by atoms with Gasteiger partial charge in [-0.25, -0.2) is 4.79 Å². The van der Waals surface area contributed by atoms with Gasteiger partial charge in [-0.3, -0.25) is 4.79 Å². The van der Waals surface area contributed by atoms with Gasteiger partial charge in [-0.1, -0.05) is 6.92 Å². The summed E-state index contributed by atoms with van der Waals surface area (Å²) in [4.78, 5) is 24.6. The van der Waals surface area contributed by atoms with Crippen LogP contribution in [0.4, 0.5) is 0 Å². The summed E-state index contributed by atoms with van der Waals surface area (Å²) >= 11 is 0. The number of hydrogen-bond acceptors (Lipinski definition) is 4.